The fourth-order valence-corrected chi connectivity index (χ4v) is 3.34. The molecule has 0 unspecified atom stereocenters. The Kier molecular flexibility index (Phi) is 21.8. The minimum atomic E-state index is -3.51. The van der Waals surface area contributed by atoms with Crippen LogP contribution in [-0.2, 0) is 14.8 Å². The normalized spacial score (nSPS) is 11.6. The third-order valence-corrected chi connectivity index (χ3v) is 5.04. The van der Waals surface area contributed by atoms with Crippen molar-refractivity contribution in [3.05, 3.63) is 11.5 Å². The molecule has 0 atom stereocenters. The molecule has 0 aliphatic carbocycles. The molecule has 0 saturated carbocycles. The second-order valence-corrected chi connectivity index (χ2v) is 7.91. The Hall–Kier alpha value is 0.756. The van der Waals surface area contributed by atoms with E-state index in [4.69, 9.17) is 0 Å². The number of aliphatic carboxylic acids is 1. The summed E-state index contributed by atoms with van der Waals surface area (Å²) in [5.74, 6) is -1.26. The number of hydrogen-bond donors (Lipinski definition) is 1. The van der Waals surface area contributed by atoms with E-state index in [1.165, 1.54) is 57.8 Å². The van der Waals surface area contributed by atoms with Crippen molar-refractivity contribution in [2.24, 2.45) is 0 Å². The van der Waals surface area contributed by atoms with E-state index < -0.39 is 16.0 Å². The molecule has 0 bridgehead atoms. The summed E-state index contributed by atoms with van der Waals surface area (Å²) in [6.07, 6.45) is 16.0. The van der Waals surface area contributed by atoms with Crippen molar-refractivity contribution in [1.82, 2.24) is 4.72 Å². The van der Waals surface area contributed by atoms with E-state index in [9.17, 15) is 18.3 Å². The molecule has 0 aliphatic heterocycles. The first kappa shape index (κ1) is 28.0. The smallest absolute Gasteiger partial charge is 0.550 e. The number of hydrogen-bond acceptors (Lipinski definition) is 4. The summed E-state index contributed by atoms with van der Waals surface area (Å²) in [6.45, 7) is 2.10. The van der Waals surface area contributed by atoms with Crippen LogP contribution in [0.1, 0.15) is 90.4 Å². The number of carbonyl (C=O) groups is 1. The second kappa shape index (κ2) is 19.5. The number of carboxylic acids is 1. The van der Waals surface area contributed by atoms with Gasteiger partial charge in [0.25, 0.3) is 0 Å². The Bertz CT molecular complexity index is 438. The van der Waals surface area contributed by atoms with Crippen LogP contribution in [0, 0.1) is 0 Å². The molecule has 0 aromatic rings. The van der Waals surface area contributed by atoms with E-state index >= 15 is 0 Å². The van der Waals surface area contributed by atoms with Crippen LogP contribution in [-0.4, -0.2) is 20.9 Å². The van der Waals surface area contributed by atoms with Crippen molar-refractivity contribution >= 4 is 16.0 Å². The molecule has 0 amide bonds. The Morgan fingerprint density at radius 1 is 0.920 bits per heavy atom. The van der Waals surface area contributed by atoms with Gasteiger partial charge in [0, 0.05) is 24.3 Å². The quantitative estimate of drug-likeness (QED) is 0.281. The van der Waals surface area contributed by atoms with E-state index in [1.54, 1.807) is 6.08 Å². The van der Waals surface area contributed by atoms with E-state index in [0.717, 1.165) is 24.7 Å². The zero-order valence-electron chi connectivity index (χ0n) is 16.1. The molecule has 0 aliphatic rings. The molecule has 0 aromatic carbocycles. The fourth-order valence-electron chi connectivity index (χ4n) is 2.46. The first-order valence-electron chi connectivity index (χ1n) is 9.34. The van der Waals surface area contributed by atoms with Crippen molar-refractivity contribution in [2.75, 3.05) is 6.54 Å². The molecule has 0 aromatic heterocycles. The van der Waals surface area contributed by atoms with E-state index in [-0.39, 0.29) is 64.4 Å². The van der Waals surface area contributed by atoms with Crippen LogP contribution in [0.2, 0.25) is 0 Å². The van der Waals surface area contributed by atoms with Gasteiger partial charge in [-0.2, -0.15) is 0 Å². The molecular weight excluding hydrogens is 365 g/mol. The van der Waals surface area contributed by atoms with Gasteiger partial charge in [-0.1, -0.05) is 77.2 Å². The summed E-state index contributed by atoms with van der Waals surface area (Å²) in [6, 6.07) is 0. The molecule has 25 heavy (non-hydrogen) atoms. The molecule has 0 heterocycles. The van der Waals surface area contributed by atoms with Gasteiger partial charge in [-0.25, -0.2) is 13.1 Å². The van der Waals surface area contributed by atoms with Crippen molar-refractivity contribution in [3.8, 4) is 0 Å². The number of sulfonamides is 1. The van der Waals surface area contributed by atoms with Gasteiger partial charge in [0.1, 0.15) is 0 Å². The molecule has 5 nitrogen and oxygen atoms in total. The molecule has 7 heteroatoms. The average molecular weight is 400 g/mol. The van der Waals surface area contributed by atoms with Crippen molar-refractivity contribution in [2.45, 2.75) is 90.4 Å². The molecule has 142 valence electrons. The SMILES string of the molecule is CCCCCCCCCCCCC/C=C/S(=O)(=O)NCCC(=O)[O-].[K+]. The maximum atomic E-state index is 11.5. The Labute approximate surface area is 196 Å². The first-order chi connectivity index (χ1) is 11.5. The first-order valence-corrected chi connectivity index (χ1v) is 10.9. The Morgan fingerprint density at radius 2 is 1.40 bits per heavy atom. The standard InChI is InChI=1S/C18H35NO4S.K/c1-2-3-4-5-6-7-8-9-10-11-12-13-14-17-24(22,23)19-16-15-18(20)21;/h14,17,19H,2-13,15-16H2,1H3,(H,20,21);/q;+1/p-1/b17-14+;. The number of carbonyl (C=O) groups excluding carboxylic acids is 1. The van der Waals surface area contributed by atoms with Gasteiger partial charge < -0.3 is 9.90 Å². The molecule has 1 N–H and O–H groups in total. The fraction of sp³-hybridized carbons (Fsp3) is 0.833. The van der Waals surface area contributed by atoms with Crippen molar-refractivity contribution in [1.29, 1.82) is 0 Å². The Morgan fingerprint density at radius 3 is 1.88 bits per heavy atom. The van der Waals surface area contributed by atoms with E-state index in [2.05, 4.69) is 11.6 Å². The van der Waals surface area contributed by atoms with Crippen LogP contribution in [0.25, 0.3) is 0 Å². The number of carboxylic acid groups (broad SMARTS) is 1. The van der Waals surface area contributed by atoms with Crippen LogP contribution in [0.5, 0.6) is 0 Å². The van der Waals surface area contributed by atoms with Gasteiger partial charge in [0.2, 0.25) is 10.0 Å². The zero-order valence-corrected chi connectivity index (χ0v) is 20.0. The molecule has 0 rings (SSSR count). The molecule has 0 radical (unpaired) electrons. The van der Waals surface area contributed by atoms with Crippen LogP contribution in [0.3, 0.4) is 0 Å². The van der Waals surface area contributed by atoms with E-state index in [0.29, 0.717) is 0 Å². The average Bonchev–Trinajstić information content (AvgIpc) is 2.51. The van der Waals surface area contributed by atoms with Gasteiger partial charge in [0.15, 0.2) is 0 Å². The van der Waals surface area contributed by atoms with Gasteiger partial charge in [0.05, 0.1) is 0 Å². The largest absolute Gasteiger partial charge is 1.00 e. The third kappa shape index (κ3) is 22.7. The number of nitrogens with one attached hydrogen (secondary N) is 1. The van der Waals surface area contributed by atoms with Crippen LogP contribution >= 0.6 is 0 Å². The maximum absolute atomic E-state index is 11.5. The second-order valence-electron chi connectivity index (χ2n) is 6.26. The van der Waals surface area contributed by atoms with Crippen LogP contribution in [0.15, 0.2) is 11.5 Å². The number of rotatable bonds is 17. The maximum Gasteiger partial charge on any atom is 1.00 e. The summed E-state index contributed by atoms with van der Waals surface area (Å²) >= 11 is 0. The minimum Gasteiger partial charge on any atom is -0.550 e. The minimum absolute atomic E-state index is 0. The zero-order chi connectivity index (χ0) is 18.1. The summed E-state index contributed by atoms with van der Waals surface area (Å²) in [7, 11) is -3.51. The van der Waals surface area contributed by atoms with E-state index in [1.807, 2.05) is 0 Å². The summed E-state index contributed by atoms with van der Waals surface area (Å²) in [5, 5.41) is 11.3. The number of unbranched alkanes of at least 4 members (excludes halogenated alkanes) is 11. The van der Waals surface area contributed by atoms with Crippen molar-refractivity contribution < 1.29 is 69.7 Å². The third-order valence-electron chi connectivity index (χ3n) is 3.88. The van der Waals surface area contributed by atoms with Gasteiger partial charge >= 0.3 is 51.4 Å². The predicted octanol–water partition coefficient (Wildman–Crippen LogP) is 0.265. The monoisotopic (exact) mass is 399 g/mol. The van der Waals surface area contributed by atoms with Gasteiger partial charge in [-0.05, 0) is 12.8 Å². The number of allylic oxidation sites excluding steroid dienone is 1. The molecule has 0 saturated heterocycles. The van der Waals surface area contributed by atoms with Gasteiger partial charge in [-0.15, -0.1) is 0 Å². The topological polar surface area (TPSA) is 86.3 Å². The molecular formula is C18H34KNO4S. The van der Waals surface area contributed by atoms with Crippen LogP contribution < -0.4 is 61.2 Å². The van der Waals surface area contributed by atoms with Crippen LogP contribution in [0.4, 0.5) is 0 Å². The molecule has 0 spiro atoms. The summed E-state index contributed by atoms with van der Waals surface area (Å²) in [5.41, 5.74) is 0. The Balaban J connectivity index is 0. The van der Waals surface area contributed by atoms with Crippen molar-refractivity contribution in [3.63, 3.8) is 0 Å². The summed E-state index contributed by atoms with van der Waals surface area (Å²) in [4.78, 5) is 10.2. The summed E-state index contributed by atoms with van der Waals surface area (Å²) < 4.78 is 25.2. The van der Waals surface area contributed by atoms with Gasteiger partial charge in [-0.3, -0.25) is 0 Å². The predicted molar refractivity (Wildman–Crippen MR) is 96.8 cm³/mol. The molecule has 0 fully saturated rings.